The first kappa shape index (κ1) is 18.8. The van der Waals surface area contributed by atoms with Gasteiger partial charge in [-0.25, -0.2) is 0 Å². The lowest BCUT2D eigenvalue weighted by molar-refractivity contribution is -0.136. The van der Waals surface area contributed by atoms with E-state index in [9.17, 15) is 14.4 Å². The number of benzene rings is 1. The fourth-order valence-electron chi connectivity index (χ4n) is 4.52. The first-order valence-corrected chi connectivity index (χ1v) is 10.3. The Hall–Kier alpha value is -3.19. The molecule has 0 bridgehead atoms. The highest BCUT2D eigenvalue weighted by molar-refractivity contribution is 6.05. The van der Waals surface area contributed by atoms with Gasteiger partial charge in [0.25, 0.3) is 5.91 Å². The minimum atomic E-state index is -0.571. The predicted molar refractivity (Wildman–Crippen MR) is 109 cm³/mol. The molecule has 1 atom stereocenters. The van der Waals surface area contributed by atoms with Gasteiger partial charge in [0.2, 0.25) is 11.8 Å². The molecule has 1 unspecified atom stereocenters. The molecule has 0 aliphatic carbocycles. The van der Waals surface area contributed by atoms with Crippen LogP contribution in [0.1, 0.15) is 46.5 Å². The average Bonchev–Trinajstić information content (AvgIpc) is 3.37. The van der Waals surface area contributed by atoms with Crippen LogP contribution in [-0.4, -0.2) is 46.7 Å². The maximum absolute atomic E-state index is 12.8. The predicted octanol–water partition coefficient (Wildman–Crippen LogP) is 2.33. The minimum absolute atomic E-state index is 0.130. The Morgan fingerprint density at radius 1 is 1.13 bits per heavy atom. The normalized spacial score (nSPS) is 22.1. The van der Waals surface area contributed by atoms with Gasteiger partial charge in [-0.2, -0.15) is 0 Å². The fourth-order valence-corrected chi connectivity index (χ4v) is 4.52. The first-order valence-electron chi connectivity index (χ1n) is 10.3. The molecular weight excluding hydrogens is 382 g/mol. The molecule has 154 valence electrons. The minimum Gasteiger partial charge on any atom is -0.465 e. The van der Waals surface area contributed by atoms with Gasteiger partial charge >= 0.3 is 0 Å². The molecule has 1 saturated heterocycles. The van der Waals surface area contributed by atoms with E-state index in [1.807, 2.05) is 24.3 Å². The van der Waals surface area contributed by atoms with Gasteiger partial charge in [-0.1, -0.05) is 18.2 Å². The Bertz CT molecular complexity index is 1040. The molecule has 3 aliphatic rings. The second kappa shape index (κ2) is 7.57. The van der Waals surface area contributed by atoms with Crippen LogP contribution < -0.4 is 5.32 Å². The number of nitrogens with zero attached hydrogens (tertiary/aromatic N) is 2. The standard InChI is InChI=1S/C23H23N3O4/c27-21-6-5-19(22(28)24-21)26-14-17-12-15(3-4-18(17)23(26)29)13-25-9-7-16(8-10-25)20-2-1-11-30-20/h1-4,7,11-12,19H,5-6,8-10,13-14H2,(H,24,27,28). The zero-order valence-corrected chi connectivity index (χ0v) is 16.6. The molecule has 0 radical (unpaired) electrons. The number of carbonyl (C=O) groups excluding carboxylic acids is 3. The van der Waals surface area contributed by atoms with Crippen LogP contribution >= 0.6 is 0 Å². The Morgan fingerprint density at radius 3 is 2.77 bits per heavy atom. The number of nitrogens with one attached hydrogen (secondary N) is 1. The Balaban J connectivity index is 1.26. The Morgan fingerprint density at radius 2 is 2.03 bits per heavy atom. The average molecular weight is 405 g/mol. The highest BCUT2D eigenvalue weighted by atomic mass is 16.3. The first-order chi connectivity index (χ1) is 14.6. The number of fused-ring (bicyclic) bond motifs is 1. The molecule has 0 saturated carbocycles. The van der Waals surface area contributed by atoms with Crippen molar-refractivity contribution >= 4 is 23.3 Å². The summed E-state index contributed by atoms with van der Waals surface area (Å²) in [5, 5.41) is 2.34. The van der Waals surface area contributed by atoms with Crippen molar-refractivity contribution in [2.75, 3.05) is 13.1 Å². The van der Waals surface area contributed by atoms with E-state index < -0.39 is 6.04 Å². The van der Waals surface area contributed by atoms with E-state index in [4.69, 9.17) is 4.42 Å². The highest BCUT2D eigenvalue weighted by Crippen LogP contribution is 2.29. The third kappa shape index (κ3) is 3.45. The third-order valence-corrected chi connectivity index (χ3v) is 6.13. The molecular formula is C23H23N3O4. The molecule has 1 aromatic heterocycles. The van der Waals surface area contributed by atoms with E-state index in [1.54, 1.807) is 11.2 Å². The van der Waals surface area contributed by atoms with E-state index in [0.717, 1.165) is 42.9 Å². The second-order valence-corrected chi connectivity index (χ2v) is 8.08. The van der Waals surface area contributed by atoms with Crippen molar-refractivity contribution in [2.24, 2.45) is 0 Å². The molecule has 1 aromatic carbocycles. The van der Waals surface area contributed by atoms with E-state index in [0.29, 0.717) is 18.5 Å². The molecule has 7 nitrogen and oxygen atoms in total. The van der Waals surface area contributed by atoms with Gasteiger partial charge in [0.1, 0.15) is 11.8 Å². The molecule has 1 fully saturated rings. The molecule has 5 rings (SSSR count). The van der Waals surface area contributed by atoms with Gasteiger partial charge in [-0.3, -0.25) is 24.6 Å². The summed E-state index contributed by atoms with van der Waals surface area (Å²) in [5.74, 6) is 0.169. The number of imide groups is 1. The van der Waals surface area contributed by atoms with Gasteiger partial charge in [-0.05, 0) is 47.7 Å². The van der Waals surface area contributed by atoms with E-state index >= 15 is 0 Å². The molecule has 3 aliphatic heterocycles. The quantitative estimate of drug-likeness (QED) is 0.790. The van der Waals surface area contributed by atoms with Gasteiger partial charge in [0, 0.05) is 38.2 Å². The Labute approximate surface area is 174 Å². The number of furan rings is 1. The lowest BCUT2D eigenvalue weighted by atomic mass is 10.0. The van der Waals surface area contributed by atoms with Crippen molar-refractivity contribution in [3.8, 4) is 0 Å². The highest BCUT2D eigenvalue weighted by Gasteiger charge is 2.39. The molecule has 1 N–H and O–H groups in total. The van der Waals surface area contributed by atoms with Crippen LogP contribution in [0, 0.1) is 0 Å². The third-order valence-electron chi connectivity index (χ3n) is 6.13. The zero-order chi connectivity index (χ0) is 20.7. The summed E-state index contributed by atoms with van der Waals surface area (Å²) in [5.41, 5.74) is 4.00. The molecule has 7 heteroatoms. The summed E-state index contributed by atoms with van der Waals surface area (Å²) < 4.78 is 5.49. The monoisotopic (exact) mass is 405 g/mol. The summed E-state index contributed by atoms with van der Waals surface area (Å²) in [6.07, 6.45) is 5.51. The molecule has 3 amide bonds. The fraction of sp³-hybridized carbons (Fsp3) is 0.348. The molecule has 4 heterocycles. The summed E-state index contributed by atoms with van der Waals surface area (Å²) in [6.45, 7) is 3.03. The van der Waals surface area contributed by atoms with Gasteiger partial charge in [-0.15, -0.1) is 0 Å². The number of amides is 3. The summed E-state index contributed by atoms with van der Waals surface area (Å²) in [4.78, 5) is 40.4. The number of piperidine rings is 1. The van der Waals surface area contributed by atoms with Crippen LogP contribution in [0.25, 0.3) is 5.57 Å². The van der Waals surface area contributed by atoms with Crippen molar-refractivity contribution in [3.05, 3.63) is 65.1 Å². The maximum atomic E-state index is 12.8. The summed E-state index contributed by atoms with van der Waals surface area (Å²) in [7, 11) is 0. The largest absolute Gasteiger partial charge is 0.465 e. The van der Waals surface area contributed by atoms with Crippen molar-refractivity contribution in [1.29, 1.82) is 0 Å². The van der Waals surface area contributed by atoms with Crippen molar-refractivity contribution in [3.63, 3.8) is 0 Å². The van der Waals surface area contributed by atoms with Crippen molar-refractivity contribution in [2.45, 2.75) is 38.4 Å². The zero-order valence-electron chi connectivity index (χ0n) is 16.6. The topological polar surface area (TPSA) is 82.9 Å². The van der Waals surface area contributed by atoms with Gasteiger partial charge in [0.05, 0.1) is 6.26 Å². The van der Waals surface area contributed by atoms with E-state index in [1.165, 1.54) is 5.57 Å². The van der Waals surface area contributed by atoms with Crippen LogP contribution in [0.3, 0.4) is 0 Å². The number of carbonyl (C=O) groups is 3. The summed E-state index contributed by atoms with van der Waals surface area (Å²) in [6, 6.07) is 9.27. The van der Waals surface area contributed by atoms with Crippen molar-refractivity contribution in [1.82, 2.24) is 15.1 Å². The van der Waals surface area contributed by atoms with E-state index in [-0.39, 0.29) is 24.1 Å². The Kier molecular flexibility index (Phi) is 4.75. The number of hydrogen-bond acceptors (Lipinski definition) is 5. The maximum Gasteiger partial charge on any atom is 0.255 e. The van der Waals surface area contributed by atoms with Crippen LogP contribution in [-0.2, 0) is 22.7 Å². The van der Waals surface area contributed by atoms with Crippen LogP contribution in [0.5, 0.6) is 0 Å². The van der Waals surface area contributed by atoms with Crippen LogP contribution in [0.4, 0.5) is 0 Å². The van der Waals surface area contributed by atoms with Gasteiger partial charge < -0.3 is 9.32 Å². The molecule has 2 aromatic rings. The SMILES string of the molecule is O=C1CCC(N2Cc3cc(CN4CC=C(c5ccco5)CC4)ccc3C2=O)C(=O)N1. The summed E-state index contributed by atoms with van der Waals surface area (Å²) >= 11 is 0. The number of hydrogen-bond donors (Lipinski definition) is 1. The second-order valence-electron chi connectivity index (χ2n) is 8.08. The van der Waals surface area contributed by atoms with Gasteiger partial charge in [0.15, 0.2) is 0 Å². The smallest absolute Gasteiger partial charge is 0.255 e. The molecule has 30 heavy (non-hydrogen) atoms. The van der Waals surface area contributed by atoms with Crippen molar-refractivity contribution < 1.29 is 18.8 Å². The van der Waals surface area contributed by atoms with Crippen LogP contribution in [0.2, 0.25) is 0 Å². The number of rotatable bonds is 4. The molecule has 0 spiro atoms. The lowest BCUT2D eigenvalue weighted by Gasteiger charge is -2.29. The van der Waals surface area contributed by atoms with Crippen LogP contribution in [0.15, 0.2) is 47.1 Å². The van der Waals surface area contributed by atoms with E-state index in [2.05, 4.69) is 22.4 Å². The lowest BCUT2D eigenvalue weighted by Crippen LogP contribution is -2.52.